The van der Waals surface area contributed by atoms with E-state index in [9.17, 15) is 9.59 Å². The number of nitrogens with one attached hydrogen (secondary N) is 1. The standard InChI is InChI=1S/C14H13N5O.C9H17NO2/c1-16-12-6-7-13-17-8-11(19(13)18-12)9-2-4-10(5-3-9)14(15)20;1-9(2,3)12-8(11)10-6-4-5-7-10/h2-8H,1H3,(H2,15,20)(H,16,18);4-7H2,1-3H3. The van der Waals surface area contributed by atoms with Crippen LogP contribution in [0.25, 0.3) is 16.9 Å². The molecule has 1 aromatic carbocycles. The lowest BCUT2D eigenvalue weighted by molar-refractivity contribution is 0.0295. The Labute approximate surface area is 187 Å². The molecule has 0 aliphatic carbocycles. The second kappa shape index (κ2) is 9.67. The molecular formula is C23H30N6O3. The Balaban J connectivity index is 0.000000207. The van der Waals surface area contributed by atoms with Crippen molar-refractivity contribution in [2.75, 3.05) is 25.5 Å². The zero-order valence-electron chi connectivity index (χ0n) is 19.0. The fourth-order valence-electron chi connectivity index (χ4n) is 3.23. The first-order valence-corrected chi connectivity index (χ1v) is 10.6. The molecule has 1 saturated heterocycles. The van der Waals surface area contributed by atoms with Gasteiger partial charge < -0.3 is 20.7 Å². The Kier molecular flexibility index (Phi) is 6.97. The number of aromatic nitrogens is 3. The van der Waals surface area contributed by atoms with Crippen molar-refractivity contribution in [1.82, 2.24) is 19.5 Å². The second-order valence-electron chi connectivity index (χ2n) is 8.50. The van der Waals surface area contributed by atoms with Crippen molar-refractivity contribution in [2.24, 2.45) is 5.73 Å². The summed E-state index contributed by atoms with van der Waals surface area (Å²) in [6.07, 6.45) is 3.81. The normalized spacial score (nSPS) is 13.4. The minimum Gasteiger partial charge on any atom is -0.444 e. The number of nitrogens with two attached hydrogens (primary N) is 1. The molecule has 2 aromatic heterocycles. The molecule has 32 heavy (non-hydrogen) atoms. The van der Waals surface area contributed by atoms with Gasteiger partial charge in [0.1, 0.15) is 11.4 Å². The van der Waals surface area contributed by atoms with Crippen LogP contribution in [-0.2, 0) is 4.74 Å². The summed E-state index contributed by atoms with van der Waals surface area (Å²) in [5.74, 6) is 0.316. The topological polar surface area (TPSA) is 115 Å². The Hall–Kier alpha value is -3.62. The quantitative estimate of drug-likeness (QED) is 0.646. The predicted octanol–water partition coefficient (Wildman–Crippen LogP) is 3.55. The van der Waals surface area contributed by atoms with Gasteiger partial charge in [0.05, 0.1) is 11.9 Å². The molecular weight excluding hydrogens is 408 g/mol. The van der Waals surface area contributed by atoms with Crippen LogP contribution in [0.2, 0.25) is 0 Å². The molecule has 3 heterocycles. The molecule has 1 aliphatic heterocycles. The van der Waals surface area contributed by atoms with E-state index in [1.54, 1.807) is 27.7 Å². The molecule has 1 aliphatic rings. The van der Waals surface area contributed by atoms with Crippen LogP contribution in [0.4, 0.5) is 10.6 Å². The number of likely N-dealkylation sites (tertiary alicyclic amines) is 1. The second-order valence-corrected chi connectivity index (χ2v) is 8.50. The average molecular weight is 439 g/mol. The third-order valence-corrected chi connectivity index (χ3v) is 4.84. The monoisotopic (exact) mass is 438 g/mol. The van der Waals surface area contributed by atoms with E-state index < -0.39 is 5.91 Å². The Morgan fingerprint density at radius 1 is 1.06 bits per heavy atom. The van der Waals surface area contributed by atoms with Crippen LogP contribution < -0.4 is 11.1 Å². The number of fused-ring (bicyclic) bond motifs is 1. The van der Waals surface area contributed by atoms with E-state index in [0.29, 0.717) is 5.56 Å². The Bertz CT molecular complexity index is 1080. The van der Waals surface area contributed by atoms with E-state index in [1.165, 1.54) is 0 Å². The summed E-state index contributed by atoms with van der Waals surface area (Å²) in [6, 6.07) is 10.8. The van der Waals surface area contributed by atoms with Crippen molar-refractivity contribution in [3.05, 3.63) is 48.2 Å². The number of amides is 2. The van der Waals surface area contributed by atoms with Gasteiger partial charge in [0.2, 0.25) is 5.91 Å². The van der Waals surface area contributed by atoms with Crippen molar-refractivity contribution < 1.29 is 14.3 Å². The summed E-state index contributed by atoms with van der Waals surface area (Å²) in [4.78, 5) is 28.5. The summed E-state index contributed by atoms with van der Waals surface area (Å²) in [7, 11) is 1.81. The lowest BCUT2D eigenvalue weighted by atomic mass is 10.1. The number of primary amides is 1. The van der Waals surface area contributed by atoms with Crippen LogP contribution in [-0.4, -0.2) is 57.2 Å². The third-order valence-electron chi connectivity index (χ3n) is 4.84. The van der Waals surface area contributed by atoms with E-state index in [4.69, 9.17) is 10.5 Å². The highest BCUT2D eigenvalue weighted by Crippen LogP contribution is 2.21. The van der Waals surface area contributed by atoms with Gasteiger partial charge in [-0.15, -0.1) is 5.10 Å². The van der Waals surface area contributed by atoms with Crippen molar-refractivity contribution in [3.63, 3.8) is 0 Å². The maximum absolute atomic E-state index is 11.4. The zero-order chi connectivity index (χ0) is 23.3. The molecule has 2 amide bonds. The van der Waals surface area contributed by atoms with Crippen molar-refractivity contribution in [2.45, 2.75) is 39.2 Å². The van der Waals surface area contributed by atoms with Gasteiger partial charge in [0.25, 0.3) is 0 Å². The van der Waals surface area contributed by atoms with E-state index >= 15 is 0 Å². The van der Waals surface area contributed by atoms with Gasteiger partial charge in [-0.05, 0) is 57.9 Å². The molecule has 0 spiro atoms. The number of ether oxygens (including phenoxy) is 1. The first-order chi connectivity index (χ1) is 15.2. The molecule has 3 N–H and O–H groups in total. The van der Waals surface area contributed by atoms with Crippen LogP contribution in [0.1, 0.15) is 44.0 Å². The molecule has 0 saturated carbocycles. The molecule has 9 nitrogen and oxygen atoms in total. The highest BCUT2D eigenvalue weighted by atomic mass is 16.6. The third kappa shape index (κ3) is 5.75. The first kappa shape index (κ1) is 23.1. The highest BCUT2D eigenvalue weighted by molar-refractivity contribution is 5.93. The number of rotatable bonds is 3. The fourth-order valence-corrected chi connectivity index (χ4v) is 3.23. The number of imidazole rings is 1. The van der Waals surface area contributed by atoms with Gasteiger partial charge in [-0.1, -0.05) is 12.1 Å². The number of benzene rings is 1. The summed E-state index contributed by atoms with van der Waals surface area (Å²) in [5.41, 5.74) is 7.89. The van der Waals surface area contributed by atoms with Crippen molar-refractivity contribution >= 4 is 23.5 Å². The largest absolute Gasteiger partial charge is 0.444 e. The van der Waals surface area contributed by atoms with Gasteiger partial charge in [-0.25, -0.2) is 14.3 Å². The van der Waals surface area contributed by atoms with Gasteiger partial charge in [0, 0.05) is 31.3 Å². The first-order valence-electron chi connectivity index (χ1n) is 10.6. The van der Waals surface area contributed by atoms with Gasteiger partial charge in [-0.2, -0.15) is 0 Å². The number of carbonyl (C=O) groups is 2. The molecule has 9 heteroatoms. The molecule has 0 atom stereocenters. The lowest BCUT2D eigenvalue weighted by Gasteiger charge is -2.23. The fraction of sp³-hybridized carbons (Fsp3) is 0.391. The van der Waals surface area contributed by atoms with Crippen molar-refractivity contribution in [3.8, 4) is 11.3 Å². The summed E-state index contributed by atoms with van der Waals surface area (Å²) < 4.78 is 6.96. The van der Waals surface area contributed by atoms with Crippen LogP contribution in [0.5, 0.6) is 0 Å². The van der Waals surface area contributed by atoms with Crippen molar-refractivity contribution in [1.29, 1.82) is 0 Å². The van der Waals surface area contributed by atoms with Gasteiger partial charge >= 0.3 is 6.09 Å². The number of carbonyl (C=O) groups excluding carboxylic acids is 2. The predicted molar refractivity (Wildman–Crippen MR) is 124 cm³/mol. The number of hydrogen-bond acceptors (Lipinski definition) is 6. The van der Waals surface area contributed by atoms with Crippen LogP contribution >= 0.6 is 0 Å². The number of anilines is 1. The number of hydrogen-bond donors (Lipinski definition) is 2. The minimum absolute atomic E-state index is 0.167. The summed E-state index contributed by atoms with van der Waals surface area (Å²) in [5, 5.41) is 7.43. The summed E-state index contributed by atoms with van der Waals surface area (Å²) in [6.45, 7) is 7.38. The maximum atomic E-state index is 11.4. The highest BCUT2D eigenvalue weighted by Gasteiger charge is 2.23. The van der Waals surface area contributed by atoms with E-state index in [2.05, 4.69) is 15.4 Å². The van der Waals surface area contributed by atoms with Crippen LogP contribution in [0, 0.1) is 0 Å². The molecule has 0 bridgehead atoms. The zero-order valence-corrected chi connectivity index (χ0v) is 19.0. The summed E-state index contributed by atoms with van der Waals surface area (Å²) >= 11 is 0. The van der Waals surface area contributed by atoms with Crippen LogP contribution in [0.15, 0.2) is 42.6 Å². The van der Waals surface area contributed by atoms with E-state index in [1.807, 2.05) is 52.1 Å². The molecule has 0 radical (unpaired) electrons. The van der Waals surface area contributed by atoms with E-state index in [-0.39, 0.29) is 11.7 Å². The Morgan fingerprint density at radius 3 is 2.28 bits per heavy atom. The SMILES string of the molecule is CC(C)(C)OC(=O)N1CCCC1.CNc1ccc2ncc(-c3ccc(C(N)=O)cc3)n2n1. The molecule has 170 valence electrons. The average Bonchev–Trinajstić information content (AvgIpc) is 3.43. The Morgan fingerprint density at radius 2 is 1.72 bits per heavy atom. The smallest absolute Gasteiger partial charge is 0.410 e. The molecule has 1 fully saturated rings. The molecule has 4 rings (SSSR count). The number of nitrogens with zero attached hydrogens (tertiary/aromatic N) is 4. The van der Waals surface area contributed by atoms with Gasteiger partial charge in [0.15, 0.2) is 5.65 Å². The lowest BCUT2D eigenvalue weighted by Crippen LogP contribution is -2.34. The maximum Gasteiger partial charge on any atom is 0.410 e. The van der Waals surface area contributed by atoms with Gasteiger partial charge in [-0.3, -0.25) is 4.79 Å². The minimum atomic E-state index is -0.440. The molecule has 0 unspecified atom stereocenters. The molecule has 3 aromatic rings. The van der Waals surface area contributed by atoms with E-state index in [0.717, 1.165) is 48.7 Å². The van der Waals surface area contributed by atoms with Crippen LogP contribution in [0.3, 0.4) is 0 Å².